The highest BCUT2D eigenvalue weighted by atomic mass is 19.1. The lowest BCUT2D eigenvalue weighted by atomic mass is 10.1. The van der Waals surface area contributed by atoms with Crippen molar-refractivity contribution in [1.29, 1.82) is 0 Å². The molecule has 0 amide bonds. The van der Waals surface area contributed by atoms with E-state index in [1.54, 1.807) is 87.3 Å². The number of aryl methyl sites for hydroxylation is 4. The summed E-state index contributed by atoms with van der Waals surface area (Å²) < 4.78 is 70.7. The van der Waals surface area contributed by atoms with Gasteiger partial charge in [0.15, 0.2) is 45.9 Å². The molecule has 3 atom stereocenters. The minimum atomic E-state index is -0.448. The molecule has 6 aliphatic rings. The molecule has 0 saturated carbocycles. The number of piperidine rings is 1. The molecule has 22 heterocycles. The predicted octanol–water partition coefficient (Wildman–Crippen LogP) is 10.5. The quantitative estimate of drug-likeness (QED) is 0.132. The number of imidazole rings is 4. The molecule has 16 aromatic rings. The topological polar surface area (TPSA) is 255 Å². The van der Waals surface area contributed by atoms with Crippen LogP contribution in [0.25, 0.3) is 90.2 Å². The second-order valence-electron chi connectivity index (χ2n) is 32.9. The van der Waals surface area contributed by atoms with Crippen LogP contribution in [-0.4, -0.2) is 207 Å². The predicted molar refractivity (Wildman–Crippen MR) is 459 cm³/mol. The number of pyridine rings is 8. The van der Waals surface area contributed by atoms with Gasteiger partial charge in [-0.25, -0.2) is 57.4 Å². The summed E-state index contributed by atoms with van der Waals surface area (Å²) in [5.74, 6) is -1.76. The van der Waals surface area contributed by atoms with Gasteiger partial charge < -0.3 is 47.8 Å². The van der Waals surface area contributed by atoms with E-state index in [4.69, 9.17) is 5.73 Å². The monoisotopic (exact) mass is 1630 g/mol. The first-order valence-electron chi connectivity index (χ1n) is 41.1. The number of nitrogens with two attached hydrogens (primary N) is 1. The molecule has 6 aliphatic heterocycles. The Hall–Kier alpha value is -13.0. The van der Waals surface area contributed by atoms with E-state index in [9.17, 15) is 36.7 Å². The van der Waals surface area contributed by atoms with Crippen LogP contribution >= 0.6 is 0 Å². The molecule has 22 rings (SSSR count). The van der Waals surface area contributed by atoms with Gasteiger partial charge in [-0.2, -0.15) is 0 Å². The van der Waals surface area contributed by atoms with Gasteiger partial charge in [-0.05, 0) is 173 Å². The Morgan fingerprint density at radius 2 is 0.628 bits per heavy atom. The standard InChI is InChI=1S/2C23H23FN6O.C22H23FN6O.C21H21FN6O/c2*1-15-11-29-12-16(9-19(24)23(29)25-15)20-10-22(31)30-14-18(4-5-21(30)26-20)28-8-7-27-6-2-3-17(27)13-28;1-14-10-28-11-15(8-18(23)22(28)24-14)19-9-21(30)29-13-17(4-5-20(29)25-19)27-7-6-16(12-27)26(2)3;1-13-10-27-11-14(8-17(22)21(27)24-13)18-9-20(29)28-12-16(2-3-19(28)25-18)26-6-4-15(23)5-7-26/h2*4-5,9-12,14,17H,2-3,6-8,13H2,1H3;4-5,8-11,13,16H,6-7,12H2,1-3H3;2-3,8-12,15H,4-7,23H2,1H3/t2*17-;16-;/m101./s1. The summed E-state index contributed by atoms with van der Waals surface area (Å²) in [6.07, 6.45) is 29.4. The van der Waals surface area contributed by atoms with Crippen LogP contribution in [0.2, 0.25) is 0 Å². The van der Waals surface area contributed by atoms with Crippen LogP contribution in [0.5, 0.6) is 0 Å². The molecule has 16 aromatic heterocycles. The van der Waals surface area contributed by atoms with Crippen molar-refractivity contribution in [1.82, 2.24) is 89.8 Å². The first-order chi connectivity index (χ1) is 58.5. The van der Waals surface area contributed by atoms with Gasteiger partial charge in [0, 0.05) is 210 Å². The summed E-state index contributed by atoms with van der Waals surface area (Å²) >= 11 is 0. The SMILES string of the molecule is Cc1cn2cc(-c3cc(=O)n4cc(N5CCC(N)CC5)ccc4n3)cc(F)c2n1.Cc1cn2cc(-c3cc(=O)n4cc(N5CCN6CCC[C@@H]6C5)ccc4n3)cc(F)c2n1.Cc1cn2cc(-c3cc(=O)n4cc(N5CCN6CCC[C@H]6C5)ccc4n3)cc(F)c2n1.Cc1cn2cc(-c3cc(=O)n4cc(N5CC[C@@H](N(C)C)C5)ccc4n3)cc(F)c2n1. The molecular weight excluding hydrogens is 1550 g/mol. The molecule has 121 heavy (non-hydrogen) atoms. The average Bonchev–Trinajstić information content (AvgIpc) is 1.77. The highest BCUT2D eigenvalue weighted by molar-refractivity contribution is 5.69. The fourth-order valence-corrected chi connectivity index (χ4v) is 18.0. The van der Waals surface area contributed by atoms with Gasteiger partial charge in [0.25, 0.3) is 22.2 Å². The number of rotatable bonds is 9. The lowest BCUT2D eigenvalue weighted by Crippen LogP contribution is -2.50. The van der Waals surface area contributed by atoms with Gasteiger partial charge in [-0.3, -0.25) is 46.6 Å². The fourth-order valence-electron chi connectivity index (χ4n) is 18.0. The second-order valence-corrected chi connectivity index (χ2v) is 32.9. The van der Waals surface area contributed by atoms with Crippen LogP contribution in [0.1, 0.15) is 67.7 Å². The molecule has 0 aliphatic carbocycles. The summed E-state index contributed by atoms with van der Waals surface area (Å²) in [6.45, 7) is 19.3. The lowest BCUT2D eigenvalue weighted by Gasteiger charge is -2.38. The van der Waals surface area contributed by atoms with Gasteiger partial charge in [-0.1, -0.05) is 0 Å². The van der Waals surface area contributed by atoms with Crippen molar-refractivity contribution in [2.24, 2.45) is 5.73 Å². The molecule has 32 heteroatoms. The zero-order valence-corrected chi connectivity index (χ0v) is 67.9. The first kappa shape index (κ1) is 77.8. The Morgan fingerprint density at radius 1 is 0.331 bits per heavy atom. The smallest absolute Gasteiger partial charge is 0.258 e. The van der Waals surface area contributed by atoms with Gasteiger partial charge >= 0.3 is 0 Å². The van der Waals surface area contributed by atoms with Crippen molar-refractivity contribution >= 4 is 67.9 Å². The van der Waals surface area contributed by atoms with E-state index in [0.29, 0.717) is 85.7 Å². The molecule has 28 nitrogen and oxygen atoms in total. The van der Waals surface area contributed by atoms with Crippen LogP contribution in [0.3, 0.4) is 0 Å². The molecule has 0 aromatic carbocycles. The summed E-state index contributed by atoms with van der Waals surface area (Å²) in [7, 11) is 4.19. The Morgan fingerprint density at radius 3 is 0.934 bits per heavy atom. The Bertz CT molecular complexity index is 6810. The van der Waals surface area contributed by atoms with Crippen molar-refractivity contribution in [3.05, 3.63) is 259 Å². The zero-order chi connectivity index (χ0) is 83.3. The van der Waals surface area contributed by atoms with Crippen molar-refractivity contribution < 1.29 is 17.6 Å². The van der Waals surface area contributed by atoms with Crippen molar-refractivity contribution in [2.45, 2.75) is 96.8 Å². The highest BCUT2D eigenvalue weighted by Gasteiger charge is 2.33. The molecule has 0 radical (unpaired) electrons. The van der Waals surface area contributed by atoms with Crippen LogP contribution in [0.4, 0.5) is 40.3 Å². The van der Waals surface area contributed by atoms with Gasteiger partial charge in [-0.15, -0.1) is 0 Å². The number of hydrogen-bond donors (Lipinski definition) is 1. The summed E-state index contributed by atoms with van der Waals surface area (Å²) in [6, 6.07) is 28.7. The Kier molecular flexibility index (Phi) is 20.3. The second kappa shape index (κ2) is 31.6. The van der Waals surface area contributed by atoms with E-state index in [-0.39, 0.29) is 50.9 Å². The maximum Gasteiger partial charge on any atom is 0.258 e. The molecule has 0 spiro atoms. The molecule has 6 fully saturated rings. The van der Waals surface area contributed by atoms with Crippen molar-refractivity contribution in [3.8, 4) is 45.0 Å². The van der Waals surface area contributed by atoms with E-state index in [1.807, 2.05) is 94.1 Å². The molecule has 6 saturated heterocycles. The summed E-state index contributed by atoms with van der Waals surface area (Å²) in [4.78, 5) is 103. The summed E-state index contributed by atoms with van der Waals surface area (Å²) in [5.41, 5.74) is 19.3. The van der Waals surface area contributed by atoms with Crippen molar-refractivity contribution in [2.75, 3.05) is 112 Å². The lowest BCUT2D eigenvalue weighted by molar-refractivity contribution is 0.231. The number of anilines is 4. The van der Waals surface area contributed by atoms with Gasteiger partial charge in [0.1, 0.15) is 22.6 Å². The number of aromatic nitrogens is 16. The first-order valence-corrected chi connectivity index (χ1v) is 41.1. The highest BCUT2D eigenvalue weighted by Crippen LogP contribution is 2.32. The number of likely N-dealkylation sites (N-methyl/N-ethyl adjacent to an activating group) is 1. The third-order valence-electron chi connectivity index (χ3n) is 24.3. The number of fused-ring (bicyclic) bond motifs is 10. The zero-order valence-electron chi connectivity index (χ0n) is 67.9. The Labute approximate surface area is 690 Å². The molecule has 618 valence electrons. The summed E-state index contributed by atoms with van der Waals surface area (Å²) in [5, 5.41) is 0. The normalized spacial score (nSPS) is 17.9. The van der Waals surface area contributed by atoms with E-state index < -0.39 is 23.3 Å². The number of hydrogen-bond acceptors (Lipinski definition) is 20. The van der Waals surface area contributed by atoms with E-state index in [0.717, 1.165) is 130 Å². The maximum atomic E-state index is 14.5. The number of nitrogens with zero attached hydrogens (tertiary/aromatic N) is 23. The number of halogens is 4. The van der Waals surface area contributed by atoms with Gasteiger partial charge in [0.05, 0.1) is 68.3 Å². The fraction of sp³-hybridized carbons (Fsp3) is 0.326. The van der Waals surface area contributed by atoms with Crippen LogP contribution in [0, 0.1) is 51.0 Å². The molecule has 2 N–H and O–H groups in total. The van der Waals surface area contributed by atoms with Crippen LogP contribution < -0.4 is 47.6 Å². The Balaban J connectivity index is 0.000000106. The van der Waals surface area contributed by atoms with E-state index in [2.05, 4.69) is 88.3 Å². The average molecular weight is 1640 g/mol. The maximum absolute atomic E-state index is 14.5. The van der Waals surface area contributed by atoms with E-state index in [1.165, 1.54) is 91.7 Å². The van der Waals surface area contributed by atoms with Crippen LogP contribution in [0.15, 0.2) is 191 Å². The minimum Gasteiger partial charge on any atom is -0.370 e. The molecule has 0 unspecified atom stereocenters. The van der Waals surface area contributed by atoms with Gasteiger partial charge in [0.2, 0.25) is 0 Å². The molecular formula is C89H90F4N24O4. The third-order valence-corrected chi connectivity index (χ3v) is 24.3. The van der Waals surface area contributed by atoms with Crippen LogP contribution in [-0.2, 0) is 0 Å². The third kappa shape index (κ3) is 15.5. The molecule has 0 bridgehead atoms. The van der Waals surface area contributed by atoms with Crippen molar-refractivity contribution in [3.63, 3.8) is 0 Å². The number of piperazine rings is 2. The van der Waals surface area contributed by atoms with E-state index >= 15 is 0 Å². The minimum absolute atomic E-state index is 0.177. The largest absolute Gasteiger partial charge is 0.370 e.